The zero-order chi connectivity index (χ0) is 30.6. The molecule has 2 aromatic heterocycles. The quantitative estimate of drug-likeness (QED) is 0.160. The predicted octanol–water partition coefficient (Wildman–Crippen LogP) is 6.65. The van der Waals surface area contributed by atoms with Crippen molar-refractivity contribution in [2.45, 2.75) is 43.0 Å². The van der Waals surface area contributed by atoms with Crippen LogP contribution in [0.2, 0.25) is 0 Å². The van der Waals surface area contributed by atoms with Crippen LogP contribution in [0, 0.1) is 6.92 Å². The first-order chi connectivity index (χ1) is 20.6. The molecule has 0 aliphatic carbocycles. The van der Waals surface area contributed by atoms with E-state index in [1.807, 2.05) is 61.5 Å². The highest BCUT2D eigenvalue weighted by molar-refractivity contribution is 7.99. The first kappa shape index (κ1) is 30.0. The van der Waals surface area contributed by atoms with E-state index >= 15 is 0 Å². The Labute approximate surface area is 255 Å². The molecule has 5 rings (SSSR count). The van der Waals surface area contributed by atoms with Crippen LogP contribution in [0.4, 0.5) is 17.2 Å². The fourth-order valence-corrected chi connectivity index (χ4v) is 5.83. The molecule has 0 atom stereocenters. The van der Waals surface area contributed by atoms with Crippen molar-refractivity contribution in [2.24, 2.45) is 0 Å². The third-order valence-corrected chi connectivity index (χ3v) is 8.38. The fourth-order valence-electron chi connectivity index (χ4n) is 4.38. The first-order valence-electron chi connectivity index (χ1n) is 13.7. The highest BCUT2D eigenvalue weighted by Gasteiger charge is 2.15. The van der Waals surface area contributed by atoms with E-state index in [0.717, 1.165) is 38.3 Å². The molecule has 0 aliphatic rings. The second-order valence-corrected chi connectivity index (χ2v) is 13.3. The van der Waals surface area contributed by atoms with E-state index in [9.17, 15) is 13.2 Å². The Bertz CT molecular complexity index is 1890. The number of rotatable bonds is 10. The number of pyridine rings is 1. The molecule has 0 bridgehead atoms. The van der Waals surface area contributed by atoms with Gasteiger partial charge in [0.25, 0.3) is 5.91 Å². The predicted molar refractivity (Wildman–Crippen MR) is 173 cm³/mol. The van der Waals surface area contributed by atoms with Crippen molar-refractivity contribution in [3.8, 4) is 0 Å². The molecule has 3 N–H and O–H groups in total. The molecule has 11 heteroatoms. The van der Waals surface area contributed by atoms with Gasteiger partial charge in [-0.1, -0.05) is 49.9 Å². The number of carbonyl (C=O) groups excluding carboxylic acids is 1. The molecule has 0 unspecified atom stereocenters. The molecule has 220 valence electrons. The summed E-state index contributed by atoms with van der Waals surface area (Å²) in [5.41, 5.74) is 5.34. The monoisotopic (exact) mass is 612 g/mol. The molecule has 1 amide bonds. The molecule has 0 spiro atoms. The number of nitrogens with one attached hydrogen (secondary N) is 3. The van der Waals surface area contributed by atoms with Gasteiger partial charge < -0.3 is 10.6 Å². The fraction of sp³-hybridized carbons (Fsp3) is 0.188. The summed E-state index contributed by atoms with van der Waals surface area (Å²) >= 11 is 1.47. The number of benzene rings is 3. The van der Waals surface area contributed by atoms with Crippen molar-refractivity contribution in [3.05, 3.63) is 108 Å². The van der Waals surface area contributed by atoms with E-state index < -0.39 is 10.0 Å². The van der Waals surface area contributed by atoms with Crippen molar-refractivity contribution in [3.63, 3.8) is 0 Å². The zero-order valence-electron chi connectivity index (χ0n) is 24.3. The van der Waals surface area contributed by atoms with Crippen LogP contribution >= 0.6 is 11.8 Å². The Balaban J connectivity index is 1.46. The number of nitrogens with zero attached hydrogens (tertiary/aromatic N) is 3. The minimum Gasteiger partial charge on any atom is -0.348 e. The van der Waals surface area contributed by atoms with Gasteiger partial charge in [0.05, 0.1) is 17.3 Å². The van der Waals surface area contributed by atoms with E-state index in [1.165, 1.54) is 18.1 Å². The van der Waals surface area contributed by atoms with E-state index in [0.29, 0.717) is 34.9 Å². The Hall–Kier alpha value is -4.48. The number of aryl methyl sites for hydroxylation is 1. The summed E-state index contributed by atoms with van der Waals surface area (Å²) < 4.78 is 25.7. The summed E-state index contributed by atoms with van der Waals surface area (Å²) in [5.74, 6) is 0.627. The van der Waals surface area contributed by atoms with Gasteiger partial charge in [0, 0.05) is 33.3 Å². The number of amides is 1. The number of hydrogen-bond donors (Lipinski definition) is 3. The molecular weight excluding hydrogens is 581 g/mol. The van der Waals surface area contributed by atoms with Gasteiger partial charge in [-0.05, 0) is 78.6 Å². The van der Waals surface area contributed by atoms with Crippen molar-refractivity contribution in [1.29, 1.82) is 0 Å². The molecule has 0 aliphatic heterocycles. The van der Waals surface area contributed by atoms with E-state index in [2.05, 4.69) is 39.2 Å². The molecule has 0 radical (unpaired) electrons. The molecule has 0 fully saturated rings. The summed E-state index contributed by atoms with van der Waals surface area (Å²) in [4.78, 5) is 28.5. The standard InChI is InChI=1S/C32H32N6O3S2/c1-20(2)27-15-14-26-30(36-27)34-19-35-31(26)37-28-17-22(32(39)33-18-23-8-6-5-7-21(23)3)9-16-29(28)42-25-12-10-24(11-13-25)38-43(4,40)41/h5-17,19-20,38H,18H2,1-4H3,(H,33,39)(H,34,35,36,37). The number of aromatic nitrogens is 3. The molecular formula is C32H32N6O3S2. The van der Waals surface area contributed by atoms with Gasteiger partial charge in [-0.15, -0.1) is 0 Å². The van der Waals surface area contributed by atoms with Crippen LogP contribution < -0.4 is 15.4 Å². The molecule has 0 saturated carbocycles. The van der Waals surface area contributed by atoms with Crippen LogP contribution in [-0.4, -0.2) is 35.5 Å². The average Bonchev–Trinajstić information content (AvgIpc) is 2.97. The van der Waals surface area contributed by atoms with Crippen molar-refractivity contribution in [2.75, 3.05) is 16.3 Å². The maximum atomic E-state index is 13.2. The highest BCUT2D eigenvalue weighted by atomic mass is 32.2. The molecule has 2 heterocycles. The molecule has 43 heavy (non-hydrogen) atoms. The minimum atomic E-state index is -3.38. The molecule has 5 aromatic rings. The van der Waals surface area contributed by atoms with Gasteiger partial charge in [-0.25, -0.2) is 23.4 Å². The van der Waals surface area contributed by atoms with E-state index in [4.69, 9.17) is 4.98 Å². The summed E-state index contributed by atoms with van der Waals surface area (Å²) in [6.07, 6.45) is 2.59. The lowest BCUT2D eigenvalue weighted by Gasteiger charge is -2.15. The van der Waals surface area contributed by atoms with Crippen LogP contribution in [0.15, 0.2) is 95.0 Å². The Morgan fingerprint density at radius 1 is 0.953 bits per heavy atom. The van der Waals surface area contributed by atoms with Gasteiger partial charge in [0.1, 0.15) is 12.1 Å². The molecule has 9 nitrogen and oxygen atoms in total. The number of fused-ring (bicyclic) bond motifs is 1. The lowest BCUT2D eigenvalue weighted by Crippen LogP contribution is -2.23. The van der Waals surface area contributed by atoms with Gasteiger partial charge in [-0.3, -0.25) is 9.52 Å². The van der Waals surface area contributed by atoms with Crippen LogP contribution in [0.25, 0.3) is 11.0 Å². The summed E-state index contributed by atoms with van der Waals surface area (Å²) in [5, 5.41) is 7.20. The highest BCUT2D eigenvalue weighted by Crippen LogP contribution is 2.37. The van der Waals surface area contributed by atoms with E-state index in [1.54, 1.807) is 24.3 Å². The summed E-state index contributed by atoms with van der Waals surface area (Å²) in [6, 6.07) is 24.4. The lowest BCUT2D eigenvalue weighted by atomic mass is 10.1. The lowest BCUT2D eigenvalue weighted by molar-refractivity contribution is 0.0951. The number of sulfonamides is 1. The maximum absolute atomic E-state index is 13.2. The SMILES string of the molecule is Cc1ccccc1CNC(=O)c1ccc(Sc2ccc(NS(C)(=O)=O)cc2)c(Nc2ncnc3nc(C(C)C)ccc23)c1. The van der Waals surface area contributed by atoms with Crippen LogP contribution in [0.5, 0.6) is 0 Å². The molecule has 3 aromatic carbocycles. The van der Waals surface area contributed by atoms with Crippen molar-refractivity contribution < 1.29 is 13.2 Å². The third kappa shape index (κ3) is 7.68. The largest absolute Gasteiger partial charge is 0.348 e. The van der Waals surface area contributed by atoms with Gasteiger partial charge >= 0.3 is 0 Å². The van der Waals surface area contributed by atoms with Crippen molar-refractivity contribution >= 4 is 55.9 Å². The number of hydrogen-bond acceptors (Lipinski definition) is 8. The van der Waals surface area contributed by atoms with E-state index in [-0.39, 0.29) is 11.8 Å². The maximum Gasteiger partial charge on any atom is 0.251 e. The van der Waals surface area contributed by atoms with Crippen LogP contribution in [0.3, 0.4) is 0 Å². The van der Waals surface area contributed by atoms with Crippen LogP contribution in [-0.2, 0) is 16.6 Å². The first-order valence-corrected chi connectivity index (χ1v) is 16.4. The number of anilines is 3. The smallest absolute Gasteiger partial charge is 0.251 e. The summed E-state index contributed by atoms with van der Waals surface area (Å²) in [6.45, 7) is 6.60. The van der Waals surface area contributed by atoms with Gasteiger partial charge in [0.2, 0.25) is 10.0 Å². The summed E-state index contributed by atoms with van der Waals surface area (Å²) in [7, 11) is -3.38. The average molecular weight is 613 g/mol. The Kier molecular flexibility index (Phi) is 8.93. The zero-order valence-corrected chi connectivity index (χ0v) is 25.9. The normalized spacial score (nSPS) is 11.5. The van der Waals surface area contributed by atoms with Gasteiger partial charge in [-0.2, -0.15) is 0 Å². The minimum absolute atomic E-state index is 0.199. The molecule has 0 saturated heterocycles. The Morgan fingerprint density at radius 2 is 1.72 bits per heavy atom. The van der Waals surface area contributed by atoms with Crippen LogP contribution in [0.1, 0.15) is 46.9 Å². The third-order valence-electron chi connectivity index (χ3n) is 6.69. The Morgan fingerprint density at radius 3 is 2.44 bits per heavy atom. The second kappa shape index (κ2) is 12.8. The number of carbonyl (C=O) groups is 1. The topological polar surface area (TPSA) is 126 Å². The second-order valence-electron chi connectivity index (χ2n) is 10.4. The van der Waals surface area contributed by atoms with Crippen molar-refractivity contribution in [1.82, 2.24) is 20.3 Å². The van der Waals surface area contributed by atoms with Gasteiger partial charge in [0.15, 0.2) is 5.65 Å².